The summed E-state index contributed by atoms with van der Waals surface area (Å²) in [6.45, 7) is 0.619. The van der Waals surface area contributed by atoms with Crippen LogP contribution in [-0.2, 0) is 6.42 Å². The van der Waals surface area contributed by atoms with Crippen LogP contribution in [-0.4, -0.2) is 28.4 Å². The van der Waals surface area contributed by atoms with Gasteiger partial charge in [0.15, 0.2) is 5.82 Å². The molecule has 2 heterocycles. The molecule has 3 rings (SSSR count). The van der Waals surface area contributed by atoms with Crippen molar-refractivity contribution in [2.24, 2.45) is 5.73 Å². The maximum absolute atomic E-state index is 5.80. The molecule has 100 valence electrons. The number of fused-ring (bicyclic) bond motifs is 1. The van der Waals surface area contributed by atoms with E-state index in [-0.39, 0.29) is 6.04 Å². The van der Waals surface area contributed by atoms with Gasteiger partial charge in [0.05, 0.1) is 13.2 Å². The van der Waals surface area contributed by atoms with Gasteiger partial charge in [-0.25, -0.2) is 9.67 Å². The second-order valence-corrected chi connectivity index (χ2v) is 4.81. The van der Waals surface area contributed by atoms with Crippen LogP contribution in [0.2, 0.25) is 0 Å². The molecule has 5 heteroatoms. The Kier molecular flexibility index (Phi) is 3.21. The fourth-order valence-corrected chi connectivity index (χ4v) is 2.54. The molecular weight excluding hydrogens is 240 g/mol. The van der Waals surface area contributed by atoms with E-state index in [1.165, 1.54) is 0 Å². The standard InChI is InChI=1S/C14H18N4O/c1-19-12-6-2-4-10(8-12)14-16-13-7-3-5-11(9-15)18(13)17-14/h2,4,6,8,11H,3,5,7,9,15H2,1H3. The molecular formula is C14H18N4O. The van der Waals surface area contributed by atoms with Crippen LogP contribution in [0.4, 0.5) is 0 Å². The van der Waals surface area contributed by atoms with Crippen molar-refractivity contribution in [3.8, 4) is 17.1 Å². The van der Waals surface area contributed by atoms with E-state index in [0.717, 1.165) is 42.2 Å². The lowest BCUT2D eigenvalue weighted by atomic mass is 10.1. The Morgan fingerprint density at radius 3 is 3.16 bits per heavy atom. The Balaban J connectivity index is 1.99. The third-order valence-corrected chi connectivity index (χ3v) is 3.59. The molecule has 0 amide bonds. The van der Waals surface area contributed by atoms with Crippen LogP contribution in [0, 0.1) is 0 Å². The average molecular weight is 258 g/mol. The maximum Gasteiger partial charge on any atom is 0.181 e. The third-order valence-electron chi connectivity index (χ3n) is 3.59. The summed E-state index contributed by atoms with van der Waals surface area (Å²) < 4.78 is 7.24. The number of hydrogen-bond donors (Lipinski definition) is 1. The maximum atomic E-state index is 5.80. The Morgan fingerprint density at radius 1 is 1.47 bits per heavy atom. The van der Waals surface area contributed by atoms with Crippen molar-refractivity contribution in [3.63, 3.8) is 0 Å². The molecule has 2 N–H and O–H groups in total. The Morgan fingerprint density at radius 2 is 2.37 bits per heavy atom. The highest BCUT2D eigenvalue weighted by Crippen LogP contribution is 2.26. The lowest BCUT2D eigenvalue weighted by Crippen LogP contribution is -2.25. The van der Waals surface area contributed by atoms with Crippen LogP contribution in [0.15, 0.2) is 24.3 Å². The molecule has 0 fully saturated rings. The smallest absolute Gasteiger partial charge is 0.181 e. The van der Waals surface area contributed by atoms with E-state index in [1.54, 1.807) is 7.11 Å². The van der Waals surface area contributed by atoms with Gasteiger partial charge in [0, 0.05) is 18.5 Å². The number of hydrogen-bond acceptors (Lipinski definition) is 4. The van der Waals surface area contributed by atoms with Crippen molar-refractivity contribution in [3.05, 3.63) is 30.1 Å². The molecule has 0 bridgehead atoms. The first-order valence-corrected chi connectivity index (χ1v) is 6.61. The van der Waals surface area contributed by atoms with Crippen molar-refractivity contribution in [1.82, 2.24) is 14.8 Å². The van der Waals surface area contributed by atoms with Crippen LogP contribution in [0.5, 0.6) is 5.75 Å². The molecule has 2 aromatic rings. The summed E-state index contributed by atoms with van der Waals surface area (Å²) in [5, 5.41) is 4.62. The molecule has 0 radical (unpaired) electrons. The minimum Gasteiger partial charge on any atom is -0.497 e. The van der Waals surface area contributed by atoms with Gasteiger partial charge in [-0.2, -0.15) is 5.10 Å². The predicted molar refractivity (Wildman–Crippen MR) is 73.0 cm³/mol. The number of rotatable bonds is 3. The van der Waals surface area contributed by atoms with E-state index < -0.39 is 0 Å². The predicted octanol–water partition coefficient (Wildman–Crippen LogP) is 1.79. The normalized spacial score (nSPS) is 18.1. The summed E-state index contributed by atoms with van der Waals surface area (Å²) in [4.78, 5) is 4.64. The zero-order valence-electron chi connectivity index (χ0n) is 11.0. The lowest BCUT2D eigenvalue weighted by Gasteiger charge is -2.21. The minimum atomic E-state index is 0.288. The number of nitrogens with two attached hydrogens (primary N) is 1. The molecule has 1 aliphatic rings. The highest BCUT2D eigenvalue weighted by atomic mass is 16.5. The van der Waals surface area contributed by atoms with Crippen molar-refractivity contribution in [1.29, 1.82) is 0 Å². The molecule has 0 spiro atoms. The SMILES string of the molecule is COc1cccc(-c2nc3n(n2)C(CN)CCC3)c1. The molecule has 5 nitrogen and oxygen atoms in total. The van der Waals surface area contributed by atoms with Gasteiger partial charge in [0.2, 0.25) is 0 Å². The van der Waals surface area contributed by atoms with Crippen LogP contribution >= 0.6 is 0 Å². The van der Waals surface area contributed by atoms with Crippen LogP contribution in [0.3, 0.4) is 0 Å². The third kappa shape index (κ3) is 2.21. The molecule has 1 aromatic carbocycles. The number of ether oxygens (including phenoxy) is 1. The first-order chi connectivity index (χ1) is 9.31. The molecule has 0 saturated carbocycles. The Bertz CT molecular complexity index is 579. The molecule has 1 atom stereocenters. The highest BCUT2D eigenvalue weighted by Gasteiger charge is 2.22. The number of aryl methyl sites for hydroxylation is 1. The number of nitrogens with zero attached hydrogens (tertiary/aromatic N) is 3. The second-order valence-electron chi connectivity index (χ2n) is 4.81. The molecule has 1 unspecified atom stereocenters. The van der Waals surface area contributed by atoms with E-state index in [0.29, 0.717) is 6.54 Å². The van der Waals surface area contributed by atoms with Crippen molar-refractivity contribution < 1.29 is 4.74 Å². The van der Waals surface area contributed by atoms with Gasteiger partial charge < -0.3 is 10.5 Å². The summed E-state index contributed by atoms with van der Waals surface area (Å²) in [6, 6.07) is 8.12. The second kappa shape index (κ2) is 5.01. The fourth-order valence-electron chi connectivity index (χ4n) is 2.54. The Labute approximate surface area is 112 Å². The summed E-state index contributed by atoms with van der Waals surface area (Å²) in [6.07, 6.45) is 3.20. The van der Waals surface area contributed by atoms with Gasteiger partial charge >= 0.3 is 0 Å². The molecule has 1 aliphatic heterocycles. The van der Waals surface area contributed by atoms with Gasteiger partial charge in [-0.3, -0.25) is 0 Å². The van der Waals surface area contributed by atoms with Crippen LogP contribution < -0.4 is 10.5 Å². The number of methoxy groups -OCH3 is 1. The lowest BCUT2D eigenvalue weighted by molar-refractivity contribution is 0.370. The fraction of sp³-hybridized carbons (Fsp3) is 0.429. The number of benzene rings is 1. The van der Waals surface area contributed by atoms with Gasteiger partial charge in [0.1, 0.15) is 11.6 Å². The van der Waals surface area contributed by atoms with E-state index in [4.69, 9.17) is 10.5 Å². The van der Waals surface area contributed by atoms with Gasteiger partial charge in [-0.1, -0.05) is 12.1 Å². The summed E-state index contributed by atoms with van der Waals surface area (Å²) in [5.41, 5.74) is 6.79. The largest absolute Gasteiger partial charge is 0.497 e. The highest BCUT2D eigenvalue weighted by molar-refractivity contribution is 5.57. The van der Waals surface area contributed by atoms with Crippen molar-refractivity contribution in [2.45, 2.75) is 25.3 Å². The van der Waals surface area contributed by atoms with E-state index in [1.807, 2.05) is 28.9 Å². The summed E-state index contributed by atoms with van der Waals surface area (Å²) in [7, 11) is 1.66. The quantitative estimate of drug-likeness (QED) is 0.911. The monoisotopic (exact) mass is 258 g/mol. The summed E-state index contributed by atoms with van der Waals surface area (Å²) in [5.74, 6) is 2.62. The van der Waals surface area contributed by atoms with E-state index in [9.17, 15) is 0 Å². The van der Waals surface area contributed by atoms with Gasteiger partial charge in [0.25, 0.3) is 0 Å². The molecule has 0 saturated heterocycles. The Hall–Kier alpha value is -1.88. The molecule has 1 aromatic heterocycles. The average Bonchev–Trinajstić information content (AvgIpc) is 2.91. The van der Waals surface area contributed by atoms with Gasteiger partial charge in [-0.15, -0.1) is 0 Å². The van der Waals surface area contributed by atoms with Crippen molar-refractivity contribution in [2.75, 3.05) is 13.7 Å². The topological polar surface area (TPSA) is 66.0 Å². The van der Waals surface area contributed by atoms with Crippen LogP contribution in [0.25, 0.3) is 11.4 Å². The first kappa shape index (κ1) is 12.2. The number of aromatic nitrogens is 3. The zero-order valence-corrected chi connectivity index (χ0v) is 11.0. The van der Waals surface area contributed by atoms with Crippen molar-refractivity contribution >= 4 is 0 Å². The first-order valence-electron chi connectivity index (χ1n) is 6.61. The molecule has 0 aliphatic carbocycles. The zero-order chi connectivity index (χ0) is 13.2. The van der Waals surface area contributed by atoms with E-state index >= 15 is 0 Å². The molecule has 19 heavy (non-hydrogen) atoms. The van der Waals surface area contributed by atoms with Crippen LogP contribution in [0.1, 0.15) is 24.7 Å². The van der Waals surface area contributed by atoms with Gasteiger partial charge in [-0.05, 0) is 25.0 Å². The van der Waals surface area contributed by atoms with E-state index in [2.05, 4.69) is 10.1 Å². The summed E-state index contributed by atoms with van der Waals surface area (Å²) >= 11 is 0. The minimum absolute atomic E-state index is 0.288.